The molecule has 0 bridgehead atoms. The van der Waals surface area contributed by atoms with Crippen molar-refractivity contribution in [2.75, 3.05) is 12.4 Å². The van der Waals surface area contributed by atoms with Crippen LogP contribution in [0.1, 0.15) is 30.5 Å². The molecule has 5 atom stereocenters. The van der Waals surface area contributed by atoms with E-state index in [-0.39, 0.29) is 17.6 Å². The van der Waals surface area contributed by atoms with Crippen LogP contribution in [-0.2, 0) is 48.4 Å². The van der Waals surface area contributed by atoms with Crippen molar-refractivity contribution in [3.8, 4) is 0 Å². The predicted molar refractivity (Wildman–Crippen MR) is 156 cm³/mol. The Bertz CT molecular complexity index is 1180. The Hall–Kier alpha value is -3.01. The fourth-order valence-corrected chi connectivity index (χ4v) is 5.39. The predicted octanol–water partition coefficient (Wildman–Crippen LogP) is 4.93. The standard InChI is InChI=1S/C32H37NO6S/c1-23(34)33-30-29(22-40-24(2)35)39-28(21-36-18-25-12-6-3-7-13-25)31(37-19-26-14-8-4-9-15-26)32(30)38-20-27-16-10-5-11-17-27/h3-17,28-32H,18-22H2,1-2H3,(H,33,34)/t28?,29-,30?,31+,32+/m0/s1. The van der Waals surface area contributed by atoms with Crippen LogP contribution in [0.2, 0.25) is 0 Å². The fourth-order valence-electron chi connectivity index (χ4n) is 4.70. The summed E-state index contributed by atoms with van der Waals surface area (Å²) in [6.45, 7) is 4.35. The summed E-state index contributed by atoms with van der Waals surface area (Å²) in [5.41, 5.74) is 3.07. The van der Waals surface area contributed by atoms with Crippen molar-refractivity contribution >= 4 is 22.8 Å². The lowest BCUT2D eigenvalue weighted by atomic mass is 9.92. The Kier molecular flexibility index (Phi) is 11.8. The van der Waals surface area contributed by atoms with E-state index in [0.29, 0.717) is 25.6 Å². The average Bonchev–Trinajstić information content (AvgIpc) is 2.96. The van der Waals surface area contributed by atoms with Gasteiger partial charge in [-0.15, -0.1) is 0 Å². The van der Waals surface area contributed by atoms with Gasteiger partial charge in [-0.2, -0.15) is 0 Å². The number of nitrogens with one attached hydrogen (secondary N) is 1. The molecule has 1 saturated heterocycles. The highest BCUT2D eigenvalue weighted by Crippen LogP contribution is 2.30. The smallest absolute Gasteiger partial charge is 0.217 e. The van der Waals surface area contributed by atoms with Crippen LogP contribution in [0.25, 0.3) is 0 Å². The van der Waals surface area contributed by atoms with E-state index < -0.39 is 30.5 Å². The van der Waals surface area contributed by atoms with Gasteiger partial charge in [0.05, 0.1) is 38.6 Å². The molecule has 3 aromatic rings. The van der Waals surface area contributed by atoms with Crippen molar-refractivity contribution in [1.82, 2.24) is 5.32 Å². The largest absolute Gasteiger partial charge is 0.374 e. The molecule has 0 spiro atoms. The summed E-state index contributed by atoms with van der Waals surface area (Å²) >= 11 is 1.17. The van der Waals surface area contributed by atoms with Gasteiger partial charge < -0.3 is 24.3 Å². The van der Waals surface area contributed by atoms with E-state index in [2.05, 4.69) is 5.32 Å². The fraction of sp³-hybridized carbons (Fsp3) is 0.375. The van der Waals surface area contributed by atoms with Crippen LogP contribution in [0.15, 0.2) is 91.0 Å². The molecule has 1 amide bonds. The van der Waals surface area contributed by atoms with Gasteiger partial charge in [0.25, 0.3) is 0 Å². The Morgan fingerprint density at radius 1 is 0.725 bits per heavy atom. The highest BCUT2D eigenvalue weighted by Gasteiger charge is 2.48. The van der Waals surface area contributed by atoms with E-state index in [1.165, 1.54) is 25.6 Å². The topological polar surface area (TPSA) is 83.1 Å². The molecule has 0 aliphatic carbocycles. The van der Waals surface area contributed by atoms with Crippen molar-refractivity contribution in [3.63, 3.8) is 0 Å². The summed E-state index contributed by atoms with van der Waals surface area (Å²) in [6, 6.07) is 29.2. The zero-order chi connectivity index (χ0) is 28.2. The van der Waals surface area contributed by atoms with Crippen LogP contribution >= 0.6 is 11.8 Å². The molecule has 0 aromatic heterocycles. The van der Waals surface area contributed by atoms with Crippen LogP contribution in [-0.4, -0.2) is 53.8 Å². The van der Waals surface area contributed by atoms with Crippen molar-refractivity contribution in [2.45, 2.75) is 64.1 Å². The van der Waals surface area contributed by atoms with Crippen LogP contribution in [0.5, 0.6) is 0 Å². The lowest BCUT2D eigenvalue weighted by Gasteiger charge is -2.46. The molecule has 4 rings (SSSR count). The first kappa shape index (κ1) is 30.0. The molecule has 1 heterocycles. The third-order valence-electron chi connectivity index (χ3n) is 6.58. The second kappa shape index (κ2) is 15.7. The number of rotatable bonds is 13. The summed E-state index contributed by atoms with van der Waals surface area (Å²) in [5, 5.41) is 3.02. The molecule has 1 aliphatic heterocycles. The third kappa shape index (κ3) is 9.28. The summed E-state index contributed by atoms with van der Waals surface area (Å²) in [7, 11) is 0. The number of hydrogen-bond donors (Lipinski definition) is 1. The SMILES string of the molecule is CC(=O)NC1[C@H](CSC(C)=O)OC(COCc2ccccc2)[C@@H](OCc2ccccc2)[C@@H]1OCc1ccccc1. The molecule has 212 valence electrons. The van der Waals surface area contributed by atoms with Crippen molar-refractivity contribution in [2.24, 2.45) is 0 Å². The third-order valence-corrected chi connectivity index (χ3v) is 7.48. The number of carbonyl (C=O) groups is 2. The maximum atomic E-state index is 12.4. The average molecular weight is 564 g/mol. The van der Waals surface area contributed by atoms with Crippen LogP contribution < -0.4 is 5.32 Å². The normalized spacial score (nSPS) is 22.5. The van der Waals surface area contributed by atoms with E-state index in [4.69, 9.17) is 18.9 Å². The van der Waals surface area contributed by atoms with E-state index in [1.807, 2.05) is 91.0 Å². The molecule has 0 saturated carbocycles. The number of carbonyl (C=O) groups excluding carboxylic acids is 2. The Balaban J connectivity index is 1.60. The molecule has 0 radical (unpaired) electrons. The maximum Gasteiger partial charge on any atom is 0.217 e. The second-order valence-corrected chi connectivity index (χ2v) is 11.0. The van der Waals surface area contributed by atoms with E-state index in [0.717, 1.165) is 16.7 Å². The van der Waals surface area contributed by atoms with Gasteiger partial charge in [-0.05, 0) is 16.7 Å². The van der Waals surface area contributed by atoms with Gasteiger partial charge in [0.15, 0.2) is 5.12 Å². The van der Waals surface area contributed by atoms with Crippen LogP contribution in [0.4, 0.5) is 0 Å². The molecule has 1 aliphatic rings. The van der Waals surface area contributed by atoms with Crippen molar-refractivity contribution < 1.29 is 28.5 Å². The zero-order valence-corrected chi connectivity index (χ0v) is 23.8. The van der Waals surface area contributed by atoms with E-state index in [1.54, 1.807) is 0 Å². The molecule has 3 aromatic carbocycles. The number of thioether (sulfide) groups is 1. The number of ether oxygens (including phenoxy) is 4. The van der Waals surface area contributed by atoms with Gasteiger partial charge in [-0.3, -0.25) is 9.59 Å². The van der Waals surface area contributed by atoms with Crippen LogP contribution in [0, 0.1) is 0 Å². The first-order chi connectivity index (χ1) is 19.5. The summed E-state index contributed by atoms with van der Waals surface area (Å²) < 4.78 is 25.7. The van der Waals surface area contributed by atoms with Gasteiger partial charge in [0.1, 0.15) is 18.3 Å². The monoisotopic (exact) mass is 563 g/mol. The van der Waals surface area contributed by atoms with Gasteiger partial charge in [-0.1, -0.05) is 103 Å². The minimum atomic E-state index is -0.551. The molecular formula is C32H37NO6S. The molecular weight excluding hydrogens is 526 g/mol. The van der Waals surface area contributed by atoms with Gasteiger partial charge >= 0.3 is 0 Å². The van der Waals surface area contributed by atoms with E-state index >= 15 is 0 Å². The highest BCUT2D eigenvalue weighted by molar-refractivity contribution is 8.13. The lowest BCUT2D eigenvalue weighted by molar-refractivity contribution is -0.228. The van der Waals surface area contributed by atoms with Gasteiger partial charge in [-0.25, -0.2) is 0 Å². The van der Waals surface area contributed by atoms with Gasteiger partial charge in [0, 0.05) is 19.6 Å². The number of benzene rings is 3. The minimum Gasteiger partial charge on any atom is -0.374 e. The van der Waals surface area contributed by atoms with Crippen molar-refractivity contribution in [1.29, 1.82) is 0 Å². The quantitative estimate of drug-likeness (QED) is 0.316. The minimum absolute atomic E-state index is 0.0220. The Morgan fingerprint density at radius 2 is 1.23 bits per heavy atom. The lowest BCUT2D eigenvalue weighted by Crippen LogP contribution is -2.66. The van der Waals surface area contributed by atoms with Gasteiger partial charge in [0.2, 0.25) is 5.91 Å². The molecule has 1 fully saturated rings. The summed E-state index contributed by atoms with van der Waals surface area (Å²) in [6.07, 6.45) is -2.07. The maximum absolute atomic E-state index is 12.4. The Morgan fingerprint density at radius 3 is 1.73 bits per heavy atom. The molecule has 1 N–H and O–H groups in total. The first-order valence-electron chi connectivity index (χ1n) is 13.5. The zero-order valence-electron chi connectivity index (χ0n) is 22.9. The first-order valence-corrected chi connectivity index (χ1v) is 14.5. The molecule has 2 unspecified atom stereocenters. The molecule has 8 heteroatoms. The van der Waals surface area contributed by atoms with Crippen LogP contribution in [0.3, 0.4) is 0 Å². The molecule has 7 nitrogen and oxygen atoms in total. The molecule has 40 heavy (non-hydrogen) atoms. The highest BCUT2D eigenvalue weighted by atomic mass is 32.2. The number of amides is 1. The van der Waals surface area contributed by atoms with E-state index in [9.17, 15) is 9.59 Å². The second-order valence-electron chi connectivity index (χ2n) is 9.77. The summed E-state index contributed by atoms with van der Waals surface area (Å²) in [5.74, 6) is 0.159. The van der Waals surface area contributed by atoms with Crippen molar-refractivity contribution in [3.05, 3.63) is 108 Å². The summed E-state index contributed by atoms with van der Waals surface area (Å²) in [4.78, 5) is 24.2. The Labute approximate surface area is 240 Å². The number of hydrogen-bond acceptors (Lipinski definition) is 7.